The van der Waals surface area contributed by atoms with Crippen LogP contribution in [0.25, 0.3) is 10.6 Å². The molecule has 0 bridgehead atoms. The highest BCUT2D eigenvalue weighted by Gasteiger charge is 2.23. The van der Waals surface area contributed by atoms with Gasteiger partial charge in [-0.1, -0.05) is 23.5 Å². The van der Waals surface area contributed by atoms with Crippen LogP contribution in [0.4, 0.5) is 10.8 Å². The molecule has 3 rings (SSSR count). The third-order valence-corrected chi connectivity index (χ3v) is 6.50. The molecule has 0 spiro atoms. The minimum atomic E-state index is -3.67. The standard InChI is InChI=1S/C18H17BrN4O4S2/c1-27-13-9-7-12(8-10-13)17-21-22-18(28-17)20-16(24)11-23(29(2,25)26)15-6-4-3-5-14(15)19/h3-10H,11H2,1-2H3,(H,20,22,24). The summed E-state index contributed by atoms with van der Waals surface area (Å²) in [5, 5.41) is 11.5. The van der Waals surface area contributed by atoms with Gasteiger partial charge >= 0.3 is 0 Å². The molecule has 0 saturated heterocycles. The van der Waals surface area contributed by atoms with Crippen LogP contribution >= 0.6 is 27.3 Å². The van der Waals surface area contributed by atoms with Crippen molar-refractivity contribution in [3.05, 3.63) is 53.0 Å². The highest BCUT2D eigenvalue weighted by molar-refractivity contribution is 9.10. The Labute approximate surface area is 180 Å². The van der Waals surface area contributed by atoms with Crippen molar-refractivity contribution in [2.75, 3.05) is 29.5 Å². The Balaban J connectivity index is 1.74. The molecule has 3 aromatic rings. The van der Waals surface area contributed by atoms with Gasteiger partial charge < -0.3 is 4.74 Å². The van der Waals surface area contributed by atoms with E-state index in [1.165, 1.54) is 11.3 Å². The number of benzene rings is 2. The number of sulfonamides is 1. The lowest BCUT2D eigenvalue weighted by Gasteiger charge is -2.22. The molecule has 1 heterocycles. The number of nitrogens with zero attached hydrogens (tertiary/aromatic N) is 3. The molecule has 11 heteroatoms. The van der Waals surface area contributed by atoms with Gasteiger partial charge in [-0.15, -0.1) is 10.2 Å². The molecule has 0 aliphatic heterocycles. The van der Waals surface area contributed by atoms with E-state index < -0.39 is 15.9 Å². The molecule has 1 amide bonds. The van der Waals surface area contributed by atoms with Gasteiger partial charge in [0.25, 0.3) is 0 Å². The number of aromatic nitrogens is 2. The first kappa shape index (κ1) is 21.2. The largest absolute Gasteiger partial charge is 0.497 e. The lowest BCUT2D eigenvalue weighted by Crippen LogP contribution is -2.37. The second-order valence-corrected chi connectivity index (χ2v) is 9.65. The Morgan fingerprint density at radius 2 is 1.86 bits per heavy atom. The second-order valence-electron chi connectivity index (χ2n) is 5.91. The highest BCUT2D eigenvalue weighted by Crippen LogP contribution is 2.29. The van der Waals surface area contributed by atoms with Crippen LogP contribution < -0.4 is 14.4 Å². The number of halogens is 1. The van der Waals surface area contributed by atoms with Gasteiger partial charge in [0.15, 0.2) is 0 Å². The predicted octanol–water partition coefficient (Wildman–Crippen LogP) is 3.38. The summed E-state index contributed by atoms with van der Waals surface area (Å²) in [6.45, 7) is -0.390. The number of amides is 1. The zero-order valence-electron chi connectivity index (χ0n) is 15.5. The van der Waals surface area contributed by atoms with Crippen LogP contribution in [0.15, 0.2) is 53.0 Å². The van der Waals surface area contributed by atoms with Gasteiger partial charge in [-0.2, -0.15) is 0 Å². The summed E-state index contributed by atoms with van der Waals surface area (Å²) in [6.07, 6.45) is 1.05. The fourth-order valence-corrected chi connectivity index (χ4v) is 4.70. The number of hydrogen-bond donors (Lipinski definition) is 1. The van der Waals surface area contributed by atoms with Crippen LogP contribution in [0.2, 0.25) is 0 Å². The molecule has 0 aliphatic carbocycles. The topological polar surface area (TPSA) is 101 Å². The molecule has 0 aliphatic rings. The Hall–Kier alpha value is -2.50. The highest BCUT2D eigenvalue weighted by atomic mass is 79.9. The van der Waals surface area contributed by atoms with Crippen LogP contribution in [0.1, 0.15) is 0 Å². The molecule has 1 N–H and O–H groups in total. The van der Waals surface area contributed by atoms with Crippen molar-refractivity contribution in [1.29, 1.82) is 0 Å². The summed E-state index contributed by atoms with van der Waals surface area (Å²) in [6, 6.07) is 14.1. The molecule has 0 radical (unpaired) electrons. The zero-order chi connectivity index (χ0) is 21.0. The molecule has 2 aromatic carbocycles. The molecule has 1 aromatic heterocycles. The maximum absolute atomic E-state index is 12.5. The Morgan fingerprint density at radius 3 is 2.48 bits per heavy atom. The van der Waals surface area contributed by atoms with Crippen LogP contribution in [-0.2, 0) is 14.8 Å². The molecule has 152 valence electrons. The van der Waals surface area contributed by atoms with Gasteiger partial charge in [-0.3, -0.25) is 14.4 Å². The number of rotatable bonds is 7. The molecule has 0 fully saturated rings. The minimum Gasteiger partial charge on any atom is -0.497 e. The van der Waals surface area contributed by atoms with Crippen molar-refractivity contribution in [3.8, 4) is 16.3 Å². The van der Waals surface area contributed by atoms with Crippen molar-refractivity contribution in [2.24, 2.45) is 0 Å². The summed E-state index contributed by atoms with van der Waals surface area (Å²) in [5.74, 6) is 0.198. The van der Waals surface area contributed by atoms with E-state index in [0.717, 1.165) is 21.9 Å². The number of para-hydroxylation sites is 1. The quantitative estimate of drug-likeness (QED) is 0.537. The minimum absolute atomic E-state index is 0.279. The summed E-state index contributed by atoms with van der Waals surface area (Å²) in [5.41, 5.74) is 1.20. The predicted molar refractivity (Wildman–Crippen MR) is 117 cm³/mol. The summed E-state index contributed by atoms with van der Waals surface area (Å²) in [7, 11) is -2.09. The van der Waals surface area contributed by atoms with Crippen LogP contribution in [-0.4, -0.2) is 44.4 Å². The van der Waals surface area contributed by atoms with Crippen LogP contribution in [0.3, 0.4) is 0 Å². The number of anilines is 2. The zero-order valence-corrected chi connectivity index (χ0v) is 18.7. The number of ether oxygens (including phenoxy) is 1. The number of carbonyl (C=O) groups is 1. The van der Waals surface area contributed by atoms with E-state index in [1.807, 2.05) is 12.1 Å². The fraction of sp³-hybridized carbons (Fsp3) is 0.167. The van der Waals surface area contributed by atoms with Crippen molar-refractivity contribution in [1.82, 2.24) is 10.2 Å². The first-order valence-electron chi connectivity index (χ1n) is 8.28. The third-order valence-electron chi connectivity index (χ3n) is 3.82. The smallest absolute Gasteiger partial charge is 0.246 e. The van der Waals surface area contributed by atoms with Gasteiger partial charge in [0, 0.05) is 10.0 Å². The van der Waals surface area contributed by atoms with Crippen molar-refractivity contribution < 1.29 is 17.9 Å². The van der Waals surface area contributed by atoms with E-state index in [4.69, 9.17) is 4.74 Å². The van der Waals surface area contributed by atoms with Gasteiger partial charge in [0.1, 0.15) is 17.3 Å². The van der Waals surface area contributed by atoms with E-state index in [0.29, 0.717) is 15.2 Å². The third kappa shape index (κ3) is 5.31. The maximum atomic E-state index is 12.5. The lowest BCUT2D eigenvalue weighted by atomic mass is 10.2. The Kier molecular flexibility index (Phi) is 6.50. The molecule has 29 heavy (non-hydrogen) atoms. The maximum Gasteiger partial charge on any atom is 0.246 e. The number of methoxy groups -OCH3 is 1. The fourth-order valence-electron chi connectivity index (χ4n) is 2.45. The first-order valence-corrected chi connectivity index (χ1v) is 11.7. The Morgan fingerprint density at radius 1 is 1.17 bits per heavy atom. The summed E-state index contributed by atoms with van der Waals surface area (Å²) in [4.78, 5) is 12.5. The molecular weight excluding hydrogens is 480 g/mol. The van der Waals surface area contributed by atoms with Crippen molar-refractivity contribution in [2.45, 2.75) is 0 Å². The van der Waals surface area contributed by atoms with Crippen LogP contribution in [0.5, 0.6) is 5.75 Å². The number of hydrogen-bond acceptors (Lipinski definition) is 7. The van der Waals surface area contributed by atoms with Crippen molar-refractivity contribution >= 4 is 54.0 Å². The molecular formula is C18H17BrN4O4S2. The average molecular weight is 497 g/mol. The SMILES string of the molecule is COc1ccc(-c2nnc(NC(=O)CN(c3ccccc3Br)S(C)(=O)=O)s2)cc1. The van der Waals surface area contributed by atoms with E-state index >= 15 is 0 Å². The molecule has 8 nitrogen and oxygen atoms in total. The molecule has 0 atom stereocenters. The van der Waals surface area contributed by atoms with Crippen molar-refractivity contribution in [3.63, 3.8) is 0 Å². The van der Waals surface area contributed by atoms with E-state index in [2.05, 4.69) is 31.4 Å². The molecule has 0 unspecified atom stereocenters. The van der Waals surface area contributed by atoms with Gasteiger partial charge in [-0.05, 0) is 52.3 Å². The van der Waals surface area contributed by atoms with E-state index in [1.54, 1.807) is 43.5 Å². The summed E-state index contributed by atoms with van der Waals surface area (Å²) < 4.78 is 31.1. The average Bonchev–Trinajstić information content (AvgIpc) is 3.14. The Bertz CT molecular complexity index is 1120. The number of carbonyl (C=O) groups excluding carboxylic acids is 1. The lowest BCUT2D eigenvalue weighted by molar-refractivity contribution is -0.114. The second kappa shape index (κ2) is 8.89. The van der Waals surface area contributed by atoms with Gasteiger partial charge in [-0.25, -0.2) is 8.42 Å². The molecule has 0 saturated carbocycles. The monoisotopic (exact) mass is 496 g/mol. The van der Waals surface area contributed by atoms with E-state index in [-0.39, 0.29) is 11.7 Å². The van der Waals surface area contributed by atoms with Crippen LogP contribution in [0, 0.1) is 0 Å². The van der Waals surface area contributed by atoms with E-state index in [9.17, 15) is 13.2 Å². The number of nitrogens with one attached hydrogen (secondary N) is 1. The van der Waals surface area contributed by atoms with Gasteiger partial charge in [0.05, 0.1) is 19.1 Å². The summed E-state index contributed by atoms with van der Waals surface area (Å²) >= 11 is 4.51. The normalized spacial score (nSPS) is 11.1. The van der Waals surface area contributed by atoms with Gasteiger partial charge in [0.2, 0.25) is 21.1 Å². The first-order chi connectivity index (χ1) is 13.8.